The molecule has 0 saturated heterocycles. The lowest BCUT2D eigenvalue weighted by atomic mass is 9.61. The summed E-state index contributed by atoms with van der Waals surface area (Å²) >= 11 is 0. The molecule has 31 heavy (non-hydrogen) atoms. The van der Waals surface area contributed by atoms with Crippen molar-refractivity contribution in [3.05, 3.63) is 29.8 Å². The van der Waals surface area contributed by atoms with Crippen LogP contribution in [0.3, 0.4) is 0 Å². The Bertz CT molecular complexity index is 842. The fraction of sp³-hybridized carbons (Fsp3) is 0.625. The molecular weight excluding hydrogens is 400 g/mol. The number of ketones is 1. The molecule has 0 spiro atoms. The first-order valence-electron chi connectivity index (χ1n) is 10.4. The summed E-state index contributed by atoms with van der Waals surface area (Å²) in [6, 6.07) is 6.79. The Morgan fingerprint density at radius 2 is 1.58 bits per heavy atom. The molecule has 0 unspecified atom stereocenters. The number of methoxy groups -OCH3 is 1. The minimum absolute atomic E-state index is 0.360. The van der Waals surface area contributed by atoms with Gasteiger partial charge in [-0.05, 0) is 66.2 Å². The Labute approximate surface area is 184 Å². The van der Waals surface area contributed by atoms with E-state index in [0.29, 0.717) is 11.3 Å². The van der Waals surface area contributed by atoms with Gasteiger partial charge in [0.2, 0.25) is 0 Å². The maximum Gasteiger partial charge on any atom is 0.317 e. The second-order valence-electron chi connectivity index (χ2n) is 10.3. The third kappa shape index (κ3) is 6.06. The minimum atomic E-state index is -1.70. The maximum absolute atomic E-state index is 13.3. The standard InChI is InChI=1S/C24H34O7/c1-22(2,3)30-20(26)18-16(25)13-24(7,28)19(21(27)31-23(4,5)6)17(18)14-10-9-11-15(12-14)29-8/h9-12,17-19,28H,13H2,1-8H3/t17-,18-,19+,24-/m1/s1. The molecule has 0 aliphatic heterocycles. The van der Waals surface area contributed by atoms with Gasteiger partial charge in [0, 0.05) is 12.3 Å². The van der Waals surface area contributed by atoms with Crippen LogP contribution in [0.15, 0.2) is 24.3 Å². The van der Waals surface area contributed by atoms with Crippen molar-refractivity contribution >= 4 is 17.7 Å². The summed E-state index contributed by atoms with van der Waals surface area (Å²) in [5.41, 5.74) is -2.82. The number of rotatable bonds is 4. The Morgan fingerprint density at radius 3 is 2.10 bits per heavy atom. The van der Waals surface area contributed by atoms with Gasteiger partial charge in [-0.3, -0.25) is 14.4 Å². The molecule has 1 aliphatic carbocycles. The van der Waals surface area contributed by atoms with Gasteiger partial charge in [-0.1, -0.05) is 12.1 Å². The highest BCUT2D eigenvalue weighted by atomic mass is 16.6. The largest absolute Gasteiger partial charge is 0.497 e. The van der Waals surface area contributed by atoms with E-state index in [4.69, 9.17) is 14.2 Å². The van der Waals surface area contributed by atoms with Crippen LogP contribution in [-0.2, 0) is 23.9 Å². The summed E-state index contributed by atoms with van der Waals surface area (Å²) in [6.45, 7) is 11.7. The minimum Gasteiger partial charge on any atom is -0.497 e. The van der Waals surface area contributed by atoms with Gasteiger partial charge in [0.1, 0.15) is 22.9 Å². The third-order valence-electron chi connectivity index (χ3n) is 5.07. The number of carbonyl (C=O) groups excluding carboxylic acids is 3. The molecule has 172 valence electrons. The van der Waals surface area contributed by atoms with Crippen LogP contribution in [-0.4, -0.2) is 46.7 Å². The van der Waals surface area contributed by atoms with Crippen molar-refractivity contribution < 1.29 is 33.7 Å². The molecule has 0 amide bonds. The van der Waals surface area contributed by atoms with E-state index in [-0.39, 0.29) is 6.42 Å². The molecule has 1 saturated carbocycles. The number of ether oxygens (including phenoxy) is 3. The first-order valence-corrected chi connectivity index (χ1v) is 10.4. The van der Waals surface area contributed by atoms with Crippen molar-refractivity contribution in [2.75, 3.05) is 7.11 Å². The molecule has 0 heterocycles. The van der Waals surface area contributed by atoms with E-state index in [2.05, 4.69) is 0 Å². The lowest BCUT2D eigenvalue weighted by Gasteiger charge is -2.44. The van der Waals surface area contributed by atoms with Crippen LogP contribution in [0.2, 0.25) is 0 Å². The summed E-state index contributed by atoms with van der Waals surface area (Å²) in [5.74, 6) is -4.78. The van der Waals surface area contributed by atoms with E-state index < -0.39 is 52.3 Å². The number of esters is 2. The maximum atomic E-state index is 13.3. The summed E-state index contributed by atoms with van der Waals surface area (Å²) in [7, 11) is 1.50. The number of carbonyl (C=O) groups is 3. The van der Waals surface area contributed by atoms with Crippen molar-refractivity contribution in [2.24, 2.45) is 11.8 Å². The third-order valence-corrected chi connectivity index (χ3v) is 5.07. The van der Waals surface area contributed by atoms with E-state index in [1.54, 1.807) is 65.8 Å². The monoisotopic (exact) mass is 434 g/mol. The number of benzene rings is 1. The molecule has 1 aliphatic rings. The molecule has 1 aromatic rings. The van der Waals surface area contributed by atoms with Crippen LogP contribution in [0.25, 0.3) is 0 Å². The predicted octanol–water partition coefficient (Wildman–Crippen LogP) is 3.42. The molecule has 0 radical (unpaired) electrons. The van der Waals surface area contributed by atoms with Gasteiger partial charge in [0.15, 0.2) is 5.78 Å². The molecule has 7 heteroatoms. The van der Waals surface area contributed by atoms with Crippen LogP contribution in [0, 0.1) is 11.8 Å². The lowest BCUT2D eigenvalue weighted by Crippen LogP contribution is -2.56. The number of aliphatic hydroxyl groups is 1. The van der Waals surface area contributed by atoms with Crippen LogP contribution in [0.1, 0.15) is 66.4 Å². The highest BCUT2D eigenvalue weighted by Crippen LogP contribution is 2.47. The average Bonchev–Trinajstić information content (AvgIpc) is 2.56. The number of hydrogen-bond donors (Lipinski definition) is 1. The second-order valence-corrected chi connectivity index (χ2v) is 10.3. The van der Waals surface area contributed by atoms with Gasteiger partial charge < -0.3 is 19.3 Å². The highest BCUT2D eigenvalue weighted by molar-refractivity contribution is 6.03. The normalized spacial score (nSPS) is 26.9. The van der Waals surface area contributed by atoms with Crippen molar-refractivity contribution in [1.82, 2.24) is 0 Å². The van der Waals surface area contributed by atoms with Crippen LogP contribution >= 0.6 is 0 Å². The first-order chi connectivity index (χ1) is 14.1. The van der Waals surface area contributed by atoms with Crippen molar-refractivity contribution in [3.8, 4) is 5.75 Å². The molecule has 1 fully saturated rings. The molecule has 1 aromatic carbocycles. The van der Waals surface area contributed by atoms with E-state index in [0.717, 1.165) is 0 Å². The van der Waals surface area contributed by atoms with E-state index in [1.165, 1.54) is 14.0 Å². The molecule has 7 nitrogen and oxygen atoms in total. The zero-order chi connectivity index (χ0) is 23.8. The molecule has 4 atom stereocenters. The highest BCUT2D eigenvalue weighted by Gasteiger charge is 2.57. The summed E-state index contributed by atoms with van der Waals surface area (Å²) < 4.78 is 16.4. The van der Waals surface area contributed by atoms with Gasteiger partial charge >= 0.3 is 11.9 Å². The number of Topliss-reactive ketones (excluding diaryl/α,β-unsaturated/α-hetero) is 1. The zero-order valence-electron chi connectivity index (χ0n) is 19.6. The molecular formula is C24H34O7. The Morgan fingerprint density at radius 1 is 1.03 bits per heavy atom. The first kappa shape index (κ1) is 24.9. The van der Waals surface area contributed by atoms with Gasteiger partial charge in [-0.2, -0.15) is 0 Å². The van der Waals surface area contributed by atoms with Crippen LogP contribution < -0.4 is 4.74 Å². The van der Waals surface area contributed by atoms with Crippen molar-refractivity contribution in [1.29, 1.82) is 0 Å². The van der Waals surface area contributed by atoms with Gasteiger partial charge in [0.25, 0.3) is 0 Å². The summed E-state index contributed by atoms with van der Waals surface area (Å²) in [6.07, 6.45) is -0.360. The summed E-state index contributed by atoms with van der Waals surface area (Å²) in [5, 5.41) is 11.2. The Kier molecular flexibility index (Phi) is 6.91. The van der Waals surface area contributed by atoms with Gasteiger partial charge in [0.05, 0.1) is 18.6 Å². The fourth-order valence-corrected chi connectivity index (χ4v) is 4.00. The fourth-order valence-electron chi connectivity index (χ4n) is 4.00. The molecule has 1 N–H and O–H groups in total. The van der Waals surface area contributed by atoms with Gasteiger partial charge in [-0.15, -0.1) is 0 Å². The predicted molar refractivity (Wildman–Crippen MR) is 115 cm³/mol. The molecule has 0 aromatic heterocycles. The van der Waals surface area contributed by atoms with E-state index in [9.17, 15) is 19.5 Å². The zero-order valence-corrected chi connectivity index (χ0v) is 19.6. The van der Waals surface area contributed by atoms with Crippen LogP contribution in [0.5, 0.6) is 5.75 Å². The SMILES string of the molecule is COc1cccc([C@@H]2[C@H](C(=O)OC(C)(C)C)C(=O)C[C@@](C)(O)[C@@H]2C(=O)OC(C)(C)C)c1. The Balaban J connectivity index is 2.66. The Hall–Kier alpha value is -2.41. The topological polar surface area (TPSA) is 99.1 Å². The summed E-state index contributed by atoms with van der Waals surface area (Å²) in [4.78, 5) is 39.5. The quantitative estimate of drug-likeness (QED) is 0.573. The van der Waals surface area contributed by atoms with Crippen molar-refractivity contribution in [3.63, 3.8) is 0 Å². The number of hydrogen-bond acceptors (Lipinski definition) is 7. The van der Waals surface area contributed by atoms with Crippen LogP contribution in [0.4, 0.5) is 0 Å². The smallest absolute Gasteiger partial charge is 0.317 e. The average molecular weight is 435 g/mol. The van der Waals surface area contributed by atoms with E-state index >= 15 is 0 Å². The van der Waals surface area contributed by atoms with E-state index in [1.807, 2.05) is 0 Å². The second kappa shape index (κ2) is 8.61. The lowest BCUT2D eigenvalue weighted by molar-refractivity contribution is -0.182. The molecule has 0 bridgehead atoms. The van der Waals surface area contributed by atoms with Crippen molar-refractivity contribution in [2.45, 2.75) is 77.6 Å². The molecule has 2 rings (SSSR count). The van der Waals surface area contributed by atoms with Gasteiger partial charge in [-0.25, -0.2) is 0 Å².